The lowest BCUT2D eigenvalue weighted by atomic mass is 10.2. The fourth-order valence-electron chi connectivity index (χ4n) is 2.16. The van der Waals surface area contributed by atoms with E-state index in [1.54, 1.807) is 33.9 Å². The molecule has 0 aliphatic heterocycles. The molecule has 0 N–H and O–H groups in total. The molecule has 6 nitrogen and oxygen atoms in total. The molecule has 0 spiro atoms. The number of hydrogen-bond donors (Lipinski definition) is 0. The fraction of sp³-hybridized carbons (Fsp3) is 0.0769. The zero-order chi connectivity index (χ0) is 13.7. The van der Waals surface area contributed by atoms with Crippen LogP contribution in [0.1, 0.15) is 0 Å². The maximum Gasteiger partial charge on any atom is 0.182 e. The van der Waals surface area contributed by atoms with Gasteiger partial charge >= 0.3 is 0 Å². The van der Waals surface area contributed by atoms with Crippen LogP contribution in [-0.4, -0.2) is 29.4 Å². The third kappa shape index (κ3) is 1.49. The lowest BCUT2D eigenvalue weighted by Crippen LogP contribution is -1.94. The van der Waals surface area contributed by atoms with Crippen molar-refractivity contribution in [2.24, 2.45) is 7.05 Å². The molecule has 1 aromatic carbocycles. The molecule has 3 heterocycles. The van der Waals surface area contributed by atoms with Crippen molar-refractivity contribution in [3.63, 3.8) is 0 Å². The highest BCUT2D eigenvalue weighted by atomic mass is 19.1. The number of rotatable bonds is 1. The predicted octanol–water partition coefficient (Wildman–Crippen LogP) is 1.82. The van der Waals surface area contributed by atoms with Crippen LogP contribution in [0.2, 0.25) is 0 Å². The largest absolute Gasteiger partial charge is 0.250 e. The average molecular weight is 268 g/mol. The molecule has 0 unspecified atom stereocenters. The van der Waals surface area contributed by atoms with Crippen molar-refractivity contribution in [1.82, 2.24) is 29.4 Å². The van der Waals surface area contributed by atoms with Crippen molar-refractivity contribution in [2.45, 2.75) is 0 Å². The van der Waals surface area contributed by atoms with E-state index in [1.807, 2.05) is 7.05 Å². The third-order valence-corrected chi connectivity index (χ3v) is 3.17. The van der Waals surface area contributed by atoms with Crippen molar-refractivity contribution < 1.29 is 4.39 Å². The molecule has 0 fully saturated rings. The molecule has 3 aromatic heterocycles. The number of nitrogens with zero attached hydrogens (tertiary/aromatic N) is 6. The van der Waals surface area contributed by atoms with Crippen LogP contribution in [0.3, 0.4) is 0 Å². The van der Waals surface area contributed by atoms with E-state index in [4.69, 9.17) is 0 Å². The minimum atomic E-state index is -0.283. The molecular weight excluding hydrogens is 259 g/mol. The number of fused-ring (bicyclic) bond motifs is 3. The van der Waals surface area contributed by atoms with E-state index >= 15 is 0 Å². The fourth-order valence-corrected chi connectivity index (χ4v) is 2.16. The summed E-state index contributed by atoms with van der Waals surface area (Å²) in [6, 6.07) is 6.08. The van der Waals surface area contributed by atoms with Gasteiger partial charge in [0.15, 0.2) is 17.1 Å². The Morgan fingerprint density at radius 1 is 1.10 bits per heavy atom. The molecule has 0 saturated carbocycles. The summed E-state index contributed by atoms with van der Waals surface area (Å²) in [5.41, 5.74) is 2.19. The molecule has 0 aliphatic carbocycles. The molecule has 4 rings (SSSR count). The van der Waals surface area contributed by atoms with E-state index < -0.39 is 0 Å². The molecule has 0 bridgehead atoms. The number of hydrogen-bond acceptors (Lipinski definition) is 4. The molecule has 0 radical (unpaired) electrons. The summed E-state index contributed by atoms with van der Waals surface area (Å²) in [6.45, 7) is 0. The summed E-state index contributed by atoms with van der Waals surface area (Å²) in [5, 5.41) is 9.35. The smallest absolute Gasteiger partial charge is 0.182 e. The van der Waals surface area contributed by atoms with Gasteiger partial charge < -0.3 is 0 Å². The van der Waals surface area contributed by atoms with Crippen molar-refractivity contribution >= 4 is 16.7 Å². The number of halogens is 1. The van der Waals surface area contributed by atoms with Gasteiger partial charge in [-0.3, -0.25) is 4.68 Å². The number of benzene rings is 1. The Labute approximate surface area is 112 Å². The zero-order valence-electron chi connectivity index (χ0n) is 10.5. The lowest BCUT2D eigenvalue weighted by Gasteiger charge is -1.93. The molecule has 98 valence electrons. The van der Waals surface area contributed by atoms with Crippen LogP contribution in [-0.2, 0) is 7.05 Å². The Hall–Kier alpha value is -2.83. The van der Waals surface area contributed by atoms with Gasteiger partial charge in [0, 0.05) is 12.6 Å². The van der Waals surface area contributed by atoms with E-state index in [-0.39, 0.29) is 5.82 Å². The van der Waals surface area contributed by atoms with Crippen LogP contribution < -0.4 is 0 Å². The highest BCUT2D eigenvalue weighted by Gasteiger charge is 2.12. The third-order valence-electron chi connectivity index (χ3n) is 3.17. The van der Waals surface area contributed by atoms with E-state index in [0.717, 1.165) is 16.6 Å². The topological polar surface area (TPSA) is 60.9 Å². The first kappa shape index (κ1) is 11.0. The Morgan fingerprint density at radius 2 is 1.90 bits per heavy atom. The lowest BCUT2D eigenvalue weighted by molar-refractivity contribution is 0.628. The second-order valence-corrected chi connectivity index (χ2v) is 4.46. The minimum absolute atomic E-state index is 0.283. The molecule has 0 aliphatic rings. The standard InChI is InChI=1S/C13H9FN6/c1-19-12-10(6-16-19)13-17-11(18-20(13)7-15-12)8-2-4-9(14)5-3-8/h2-7H,1H3. The number of aromatic nitrogens is 6. The van der Waals surface area contributed by atoms with E-state index in [2.05, 4.69) is 20.2 Å². The molecular formula is C13H9FN6. The van der Waals surface area contributed by atoms with Gasteiger partial charge in [-0.2, -0.15) is 5.10 Å². The summed E-state index contributed by atoms with van der Waals surface area (Å²) in [6.07, 6.45) is 3.31. The van der Waals surface area contributed by atoms with Crippen LogP contribution in [0.15, 0.2) is 36.8 Å². The highest BCUT2D eigenvalue weighted by molar-refractivity contribution is 5.88. The van der Waals surface area contributed by atoms with Gasteiger partial charge in [0.05, 0.1) is 11.6 Å². The molecule has 20 heavy (non-hydrogen) atoms. The van der Waals surface area contributed by atoms with Gasteiger partial charge in [-0.1, -0.05) is 0 Å². The summed E-state index contributed by atoms with van der Waals surface area (Å²) in [5.74, 6) is 0.247. The SMILES string of the molecule is Cn1ncc2c1ncn1nc(-c3ccc(F)cc3)nc21. The van der Waals surface area contributed by atoms with E-state index in [1.165, 1.54) is 12.1 Å². The Kier molecular flexibility index (Phi) is 2.11. The van der Waals surface area contributed by atoms with Crippen LogP contribution in [0.5, 0.6) is 0 Å². The summed E-state index contributed by atoms with van der Waals surface area (Å²) in [7, 11) is 1.82. The number of aryl methyl sites for hydroxylation is 1. The summed E-state index contributed by atoms with van der Waals surface area (Å²) >= 11 is 0. The maximum atomic E-state index is 13.0. The summed E-state index contributed by atoms with van der Waals surface area (Å²) < 4.78 is 16.2. The van der Waals surface area contributed by atoms with Crippen molar-refractivity contribution in [1.29, 1.82) is 0 Å². The Bertz CT molecular complexity index is 921. The zero-order valence-corrected chi connectivity index (χ0v) is 10.5. The summed E-state index contributed by atoms with van der Waals surface area (Å²) in [4.78, 5) is 8.78. The van der Waals surface area contributed by atoms with Crippen molar-refractivity contribution in [3.8, 4) is 11.4 Å². The van der Waals surface area contributed by atoms with Gasteiger partial charge in [0.25, 0.3) is 0 Å². The predicted molar refractivity (Wildman–Crippen MR) is 70.4 cm³/mol. The van der Waals surface area contributed by atoms with Crippen molar-refractivity contribution in [2.75, 3.05) is 0 Å². The first-order valence-corrected chi connectivity index (χ1v) is 6.01. The van der Waals surface area contributed by atoms with Gasteiger partial charge in [0.1, 0.15) is 12.1 Å². The van der Waals surface area contributed by atoms with Gasteiger partial charge in [-0.25, -0.2) is 18.9 Å². The van der Waals surface area contributed by atoms with Gasteiger partial charge in [-0.15, -0.1) is 5.10 Å². The monoisotopic (exact) mass is 268 g/mol. The normalized spacial score (nSPS) is 11.5. The van der Waals surface area contributed by atoms with Crippen molar-refractivity contribution in [3.05, 3.63) is 42.6 Å². The first-order valence-electron chi connectivity index (χ1n) is 6.01. The van der Waals surface area contributed by atoms with E-state index in [0.29, 0.717) is 11.5 Å². The van der Waals surface area contributed by atoms with Crippen LogP contribution in [0.25, 0.3) is 28.1 Å². The average Bonchev–Trinajstić information content (AvgIpc) is 3.03. The molecule has 0 amide bonds. The highest BCUT2D eigenvalue weighted by Crippen LogP contribution is 2.20. The molecule has 4 aromatic rings. The van der Waals surface area contributed by atoms with Gasteiger partial charge in [0.2, 0.25) is 0 Å². The van der Waals surface area contributed by atoms with E-state index in [9.17, 15) is 4.39 Å². The second-order valence-electron chi connectivity index (χ2n) is 4.46. The maximum absolute atomic E-state index is 13.0. The van der Waals surface area contributed by atoms with Crippen LogP contribution >= 0.6 is 0 Å². The molecule has 7 heteroatoms. The van der Waals surface area contributed by atoms with Gasteiger partial charge in [-0.05, 0) is 24.3 Å². The Morgan fingerprint density at radius 3 is 2.70 bits per heavy atom. The molecule has 0 atom stereocenters. The molecule has 0 saturated heterocycles. The van der Waals surface area contributed by atoms with Crippen LogP contribution in [0, 0.1) is 5.82 Å². The quantitative estimate of drug-likeness (QED) is 0.528. The Balaban J connectivity index is 1.98. The van der Waals surface area contributed by atoms with Crippen LogP contribution in [0.4, 0.5) is 4.39 Å². The second kappa shape index (κ2) is 3.83. The first-order chi connectivity index (χ1) is 9.72. The minimum Gasteiger partial charge on any atom is -0.250 e.